The molecule has 0 aromatic heterocycles. The second-order valence-electron chi connectivity index (χ2n) is 10.4. The Labute approximate surface area is 231 Å². The quantitative estimate of drug-likeness (QED) is 0.216. The van der Waals surface area contributed by atoms with Gasteiger partial charge in [-0.15, -0.1) is 0 Å². The number of rotatable bonds is 11. The van der Waals surface area contributed by atoms with Crippen LogP contribution in [-0.2, 0) is 29.1 Å². The smallest absolute Gasteiger partial charge is 0.268 e. The summed E-state index contributed by atoms with van der Waals surface area (Å²) in [6, 6.07) is 8.85. The monoisotopic (exact) mass is 592 g/mol. The highest BCUT2D eigenvalue weighted by atomic mass is 32.2. The zero-order valence-corrected chi connectivity index (χ0v) is 23.0. The van der Waals surface area contributed by atoms with E-state index < -0.39 is 45.2 Å². The minimum absolute atomic E-state index is 0.00297. The van der Waals surface area contributed by atoms with Crippen molar-refractivity contribution >= 4 is 16.1 Å². The van der Waals surface area contributed by atoms with Gasteiger partial charge in [-0.05, 0) is 48.4 Å². The second kappa shape index (κ2) is 13.4. The Bertz CT molecular complexity index is 1190. The van der Waals surface area contributed by atoms with E-state index in [0.29, 0.717) is 11.5 Å². The van der Waals surface area contributed by atoms with Crippen LogP contribution in [0, 0.1) is 11.8 Å². The summed E-state index contributed by atoms with van der Waals surface area (Å²) in [5, 5.41) is 0. The van der Waals surface area contributed by atoms with E-state index in [0.717, 1.165) is 49.3 Å². The first kappa shape index (κ1) is 31.9. The standard InChI is InChI=1S/C28H34F6N2O3S/c1-2-3-5-8-20-11-13-22(14-12-20)19-36(18-21-9-6-4-7-10-21)40(38,39)35-26(37)23-15-24(27(29,30)31)17-25(16-23)28(32,33)34/h4,6-7,9-10,15-17,20,22H,2-3,5,8,11-14,18-19H2,1H3,(H,35,37). The van der Waals surface area contributed by atoms with E-state index in [1.54, 1.807) is 35.1 Å². The molecule has 1 amide bonds. The molecule has 1 saturated carbocycles. The number of carbonyl (C=O) groups is 1. The summed E-state index contributed by atoms with van der Waals surface area (Å²) < 4.78 is 109. The van der Waals surface area contributed by atoms with Crippen LogP contribution in [-0.4, -0.2) is 25.2 Å². The van der Waals surface area contributed by atoms with Crippen molar-refractivity contribution in [1.29, 1.82) is 0 Å². The zero-order valence-electron chi connectivity index (χ0n) is 22.2. The van der Waals surface area contributed by atoms with E-state index in [2.05, 4.69) is 6.92 Å². The summed E-state index contributed by atoms with van der Waals surface area (Å²) >= 11 is 0. The van der Waals surface area contributed by atoms with Gasteiger partial charge in [0.25, 0.3) is 5.91 Å². The van der Waals surface area contributed by atoms with Crippen LogP contribution in [0.3, 0.4) is 0 Å². The Kier molecular flexibility index (Phi) is 10.7. The lowest BCUT2D eigenvalue weighted by molar-refractivity contribution is -0.143. The summed E-state index contributed by atoms with van der Waals surface area (Å²) in [5.74, 6) is -0.997. The van der Waals surface area contributed by atoms with Gasteiger partial charge in [-0.25, -0.2) is 4.72 Å². The molecule has 1 fully saturated rings. The van der Waals surface area contributed by atoms with E-state index in [-0.39, 0.29) is 37.2 Å². The summed E-state index contributed by atoms with van der Waals surface area (Å²) in [4.78, 5) is 12.8. The van der Waals surface area contributed by atoms with Crippen molar-refractivity contribution in [1.82, 2.24) is 9.03 Å². The van der Waals surface area contributed by atoms with Gasteiger partial charge in [-0.1, -0.05) is 75.8 Å². The summed E-state index contributed by atoms with van der Waals surface area (Å²) in [6.45, 7) is 2.09. The van der Waals surface area contributed by atoms with Crippen molar-refractivity contribution in [2.24, 2.45) is 11.8 Å². The van der Waals surface area contributed by atoms with Crippen molar-refractivity contribution in [2.75, 3.05) is 6.54 Å². The fourth-order valence-electron chi connectivity index (χ4n) is 5.04. The van der Waals surface area contributed by atoms with Crippen molar-refractivity contribution in [3.05, 3.63) is 70.8 Å². The lowest BCUT2D eigenvalue weighted by Gasteiger charge is -2.32. The second-order valence-corrected chi connectivity index (χ2v) is 12.1. The van der Waals surface area contributed by atoms with Gasteiger partial charge in [-0.2, -0.15) is 39.1 Å². The molecule has 3 rings (SSSR count). The highest BCUT2D eigenvalue weighted by Crippen LogP contribution is 2.37. The number of unbranched alkanes of at least 4 members (excludes halogenated alkanes) is 2. The highest BCUT2D eigenvalue weighted by Gasteiger charge is 2.38. The van der Waals surface area contributed by atoms with E-state index >= 15 is 0 Å². The molecule has 0 aliphatic heterocycles. The van der Waals surface area contributed by atoms with Gasteiger partial charge < -0.3 is 0 Å². The average molecular weight is 593 g/mol. The normalized spacial score (nSPS) is 18.6. The Hall–Kier alpha value is -2.60. The van der Waals surface area contributed by atoms with Gasteiger partial charge in [0.1, 0.15) is 0 Å². The number of nitrogens with one attached hydrogen (secondary N) is 1. The van der Waals surface area contributed by atoms with E-state index in [4.69, 9.17) is 0 Å². The maximum atomic E-state index is 13.3. The number of amides is 1. The number of halogens is 6. The molecule has 0 unspecified atom stereocenters. The maximum absolute atomic E-state index is 13.3. The molecule has 1 aliphatic carbocycles. The van der Waals surface area contributed by atoms with Crippen molar-refractivity contribution in [3.8, 4) is 0 Å². The Morgan fingerprint density at radius 1 is 0.875 bits per heavy atom. The largest absolute Gasteiger partial charge is 0.416 e. The number of hydrogen-bond acceptors (Lipinski definition) is 3. The van der Waals surface area contributed by atoms with Gasteiger partial charge in [0.2, 0.25) is 0 Å². The van der Waals surface area contributed by atoms with Crippen LogP contribution in [0.25, 0.3) is 0 Å². The summed E-state index contributed by atoms with van der Waals surface area (Å²) in [5.41, 5.74) is -3.85. The third kappa shape index (κ3) is 9.22. The molecule has 0 bridgehead atoms. The average Bonchev–Trinajstić information content (AvgIpc) is 2.88. The molecule has 2 aromatic rings. The molecule has 5 nitrogen and oxygen atoms in total. The first-order valence-corrected chi connectivity index (χ1v) is 14.8. The SMILES string of the molecule is CCCCCC1CCC(CN(Cc2ccccc2)S(=O)(=O)NC(=O)c2cc(C(F)(F)F)cc(C(F)(F)F)c2)CC1. The molecule has 222 valence electrons. The minimum atomic E-state index is -5.18. The Morgan fingerprint density at radius 2 is 1.43 bits per heavy atom. The van der Waals surface area contributed by atoms with Crippen LogP contribution >= 0.6 is 0 Å². The number of nitrogens with zero attached hydrogens (tertiary/aromatic N) is 1. The molecular weight excluding hydrogens is 558 g/mol. The molecule has 0 spiro atoms. The number of alkyl halides is 6. The van der Waals surface area contributed by atoms with E-state index in [1.807, 2.05) is 0 Å². The van der Waals surface area contributed by atoms with Crippen LogP contribution < -0.4 is 4.72 Å². The van der Waals surface area contributed by atoms with Crippen LogP contribution in [0.15, 0.2) is 48.5 Å². The molecule has 40 heavy (non-hydrogen) atoms. The molecular formula is C28H34F6N2O3S. The first-order chi connectivity index (χ1) is 18.7. The molecule has 1 aliphatic rings. The first-order valence-electron chi connectivity index (χ1n) is 13.3. The van der Waals surface area contributed by atoms with Crippen LogP contribution in [0.5, 0.6) is 0 Å². The number of benzene rings is 2. The lowest BCUT2D eigenvalue weighted by Crippen LogP contribution is -2.45. The summed E-state index contributed by atoms with van der Waals surface area (Å²) in [7, 11) is -4.62. The van der Waals surface area contributed by atoms with Gasteiger partial charge in [0.05, 0.1) is 11.1 Å². The van der Waals surface area contributed by atoms with E-state index in [1.165, 1.54) is 6.42 Å². The highest BCUT2D eigenvalue weighted by molar-refractivity contribution is 7.87. The predicted octanol–water partition coefficient (Wildman–Crippen LogP) is 7.59. The molecule has 1 N–H and O–H groups in total. The fraction of sp³-hybridized carbons (Fsp3) is 0.536. The zero-order chi connectivity index (χ0) is 29.6. The van der Waals surface area contributed by atoms with Crippen LogP contribution in [0.1, 0.15) is 85.3 Å². The lowest BCUT2D eigenvalue weighted by atomic mass is 9.79. The number of carbonyl (C=O) groups excluding carboxylic acids is 1. The third-order valence-electron chi connectivity index (χ3n) is 7.26. The topological polar surface area (TPSA) is 66.5 Å². The molecule has 0 heterocycles. The minimum Gasteiger partial charge on any atom is -0.268 e. The van der Waals surface area contributed by atoms with Gasteiger partial charge in [0.15, 0.2) is 0 Å². The van der Waals surface area contributed by atoms with Crippen molar-refractivity contribution < 1.29 is 39.6 Å². The Balaban J connectivity index is 1.81. The molecule has 2 aromatic carbocycles. The Morgan fingerprint density at radius 3 is 1.95 bits per heavy atom. The number of hydrogen-bond donors (Lipinski definition) is 1. The predicted molar refractivity (Wildman–Crippen MR) is 139 cm³/mol. The fourth-order valence-corrected chi connectivity index (χ4v) is 6.24. The molecule has 12 heteroatoms. The van der Waals surface area contributed by atoms with E-state index in [9.17, 15) is 39.6 Å². The molecule has 0 saturated heterocycles. The molecule has 0 radical (unpaired) electrons. The van der Waals surface area contributed by atoms with Crippen LogP contribution in [0.2, 0.25) is 0 Å². The van der Waals surface area contributed by atoms with Gasteiger partial charge >= 0.3 is 22.6 Å². The van der Waals surface area contributed by atoms with Gasteiger partial charge in [-0.3, -0.25) is 4.79 Å². The van der Waals surface area contributed by atoms with Crippen molar-refractivity contribution in [3.63, 3.8) is 0 Å². The maximum Gasteiger partial charge on any atom is 0.416 e. The van der Waals surface area contributed by atoms with Crippen LogP contribution in [0.4, 0.5) is 26.3 Å². The molecule has 0 atom stereocenters. The van der Waals surface area contributed by atoms with Crippen molar-refractivity contribution in [2.45, 2.75) is 77.2 Å². The van der Waals surface area contributed by atoms with Gasteiger partial charge in [0, 0.05) is 18.7 Å². The third-order valence-corrected chi connectivity index (χ3v) is 8.66. The summed E-state index contributed by atoms with van der Waals surface area (Å²) in [6.07, 6.45) is -2.31.